The molecule has 3 nitrogen and oxygen atoms in total. The number of hydrogen-bond donors (Lipinski definition) is 1. The Hall–Kier alpha value is -1.39. The van der Waals surface area contributed by atoms with Crippen LogP contribution in [-0.4, -0.2) is 11.5 Å². The van der Waals surface area contributed by atoms with E-state index in [0.29, 0.717) is 5.88 Å². The third-order valence-electron chi connectivity index (χ3n) is 2.93. The second kappa shape index (κ2) is 7.41. The minimum Gasteiger partial charge on any atom is -0.439 e. The molecule has 4 heteroatoms. The zero-order chi connectivity index (χ0) is 14.4. The SMILES string of the molecule is CCCNCc1ccc(Oc2cccc(Br)c2)nc1C. The van der Waals surface area contributed by atoms with Crippen molar-refractivity contribution in [3.8, 4) is 11.6 Å². The van der Waals surface area contributed by atoms with Crippen LogP contribution in [0.1, 0.15) is 24.6 Å². The molecule has 0 radical (unpaired) electrons. The molecule has 0 aliphatic rings. The molecule has 1 N–H and O–H groups in total. The van der Waals surface area contributed by atoms with Crippen LogP contribution in [-0.2, 0) is 6.54 Å². The first-order valence-corrected chi connectivity index (χ1v) is 7.59. The number of aryl methyl sites for hydroxylation is 1. The lowest BCUT2D eigenvalue weighted by Crippen LogP contribution is -2.15. The molecule has 0 aliphatic carbocycles. The summed E-state index contributed by atoms with van der Waals surface area (Å²) in [5.41, 5.74) is 2.21. The topological polar surface area (TPSA) is 34.1 Å². The maximum absolute atomic E-state index is 5.76. The molecule has 2 rings (SSSR count). The van der Waals surface area contributed by atoms with Crippen LogP contribution in [0.3, 0.4) is 0 Å². The van der Waals surface area contributed by atoms with Crippen LogP contribution in [0.4, 0.5) is 0 Å². The zero-order valence-electron chi connectivity index (χ0n) is 11.8. The van der Waals surface area contributed by atoms with Crippen LogP contribution >= 0.6 is 15.9 Å². The summed E-state index contributed by atoms with van der Waals surface area (Å²) < 4.78 is 6.75. The third-order valence-corrected chi connectivity index (χ3v) is 3.42. The van der Waals surface area contributed by atoms with Gasteiger partial charge in [-0.05, 0) is 43.7 Å². The zero-order valence-corrected chi connectivity index (χ0v) is 13.4. The highest BCUT2D eigenvalue weighted by molar-refractivity contribution is 9.10. The molecule has 0 aliphatic heterocycles. The summed E-state index contributed by atoms with van der Waals surface area (Å²) in [6.07, 6.45) is 1.14. The molecule has 0 saturated heterocycles. The number of aromatic nitrogens is 1. The van der Waals surface area contributed by atoms with Gasteiger partial charge in [-0.3, -0.25) is 0 Å². The van der Waals surface area contributed by atoms with Crippen molar-refractivity contribution in [1.82, 2.24) is 10.3 Å². The van der Waals surface area contributed by atoms with Crippen LogP contribution in [0.25, 0.3) is 0 Å². The normalized spacial score (nSPS) is 10.6. The summed E-state index contributed by atoms with van der Waals surface area (Å²) in [6.45, 7) is 6.04. The second-order valence-corrected chi connectivity index (χ2v) is 5.55. The van der Waals surface area contributed by atoms with Crippen LogP contribution in [0, 0.1) is 6.92 Å². The van der Waals surface area contributed by atoms with Crippen molar-refractivity contribution >= 4 is 15.9 Å². The Bertz CT molecular complexity index is 572. The first kappa shape index (κ1) is 15.0. The van der Waals surface area contributed by atoms with Crippen molar-refractivity contribution in [2.24, 2.45) is 0 Å². The lowest BCUT2D eigenvalue weighted by atomic mass is 10.2. The number of hydrogen-bond acceptors (Lipinski definition) is 3. The number of benzene rings is 1. The Kier molecular flexibility index (Phi) is 5.56. The summed E-state index contributed by atoms with van der Waals surface area (Å²) in [6, 6.07) is 11.7. The first-order chi connectivity index (χ1) is 9.69. The van der Waals surface area contributed by atoms with E-state index in [4.69, 9.17) is 4.74 Å². The number of halogens is 1. The molecule has 1 aromatic heterocycles. The molecule has 0 bridgehead atoms. The third kappa shape index (κ3) is 4.32. The van der Waals surface area contributed by atoms with Crippen molar-refractivity contribution in [2.45, 2.75) is 26.8 Å². The molecule has 1 heterocycles. The fourth-order valence-corrected chi connectivity index (χ4v) is 2.24. The van der Waals surface area contributed by atoms with E-state index < -0.39 is 0 Å². The Balaban J connectivity index is 2.05. The molecular weight excluding hydrogens is 316 g/mol. The van der Waals surface area contributed by atoms with E-state index in [2.05, 4.69) is 39.2 Å². The molecule has 0 atom stereocenters. The van der Waals surface area contributed by atoms with Gasteiger partial charge in [0.2, 0.25) is 5.88 Å². The van der Waals surface area contributed by atoms with Gasteiger partial charge in [0, 0.05) is 22.8 Å². The highest BCUT2D eigenvalue weighted by atomic mass is 79.9. The Morgan fingerprint density at radius 1 is 1.25 bits per heavy atom. The monoisotopic (exact) mass is 334 g/mol. The van der Waals surface area contributed by atoms with E-state index in [1.165, 1.54) is 5.56 Å². The molecule has 0 spiro atoms. The second-order valence-electron chi connectivity index (χ2n) is 4.63. The van der Waals surface area contributed by atoms with Gasteiger partial charge in [-0.15, -0.1) is 0 Å². The highest BCUT2D eigenvalue weighted by Gasteiger charge is 2.04. The van der Waals surface area contributed by atoms with E-state index in [0.717, 1.165) is 35.4 Å². The van der Waals surface area contributed by atoms with Gasteiger partial charge in [0.15, 0.2) is 0 Å². The molecular formula is C16H19BrN2O. The fraction of sp³-hybridized carbons (Fsp3) is 0.312. The average Bonchev–Trinajstić information content (AvgIpc) is 2.41. The van der Waals surface area contributed by atoms with Gasteiger partial charge in [0.1, 0.15) is 5.75 Å². The molecule has 0 fully saturated rings. The van der Waals surface area contributed by atoms with Crippen molar-refractivity contribution in [1.29, 1.82) is 0 Å². The average molecular weight is 335 g/mol. The van der Waals surface area contributed by atoms with Crippen LogP contribution < -0.4 is 10.1 Å². The lowest BCUT2D eigenvalue weighted by molar-refractivity contribution is 0.460. The number of rotatable bonds is 6. The van der Waals surface area contributed by atoms with E-state index in [-0.39, 0.29) is 0 Å². The van der Waals surface area contributed by atoms with Gasteiger partial charge >= 0.3 is 0 Å². The van der Waals surface area contributed by atoms with Crippen LogP contribution in [0.5, 0.6) is 11.6 Å². The molecule has 1 aromatic carbocycles. The summed E-state index contributed by atoms with van der Waals surface area (Å²) in [5, 5.41) is 3.38. The van der Waals surface area contributed by atoms with Gasteiger partial charge in [-0.2, -0.15) is 0 Å². The molecule has 20 heavy (non-hydrogen) atoms. The maximum atomic E-state index is 5.76. The minimum absolute atomic E-state index is 0.625. The molecule has 106 valence electrons. The number of ether oxygens (including phenoxy) is 1. The van der Waals surface area contributed by atoms with E-state index in [1.807, 2.05) is 37.3 Å². The van der Waals surface area contributed by atoms with Gasteiger partial charge in [0.05, 0.1) is 0 Å². The van der Waals surface area contributed by atoms with E-state index in [9.17, 15) is 0 Å². The first-order valence-electron chi connectivity index (χ1n) is 6.79. The molecule has 0 amide bonds. The number of pyridine rings is 1. The highest BCUT2D eigenvalue weighted by Crippen LogP contribution is 2.23. The van der Waals surface area contributed by atoms with Crippen molar-refractivity contribution in [3.05, 3.63) is 52.1 Å². The van der Waals surface area contributed by atoms with E-state index in [1.54, 1.807) is 0 Å². The Morgan fingerprint density at radius 3 is 2.80 bits per heavy atom. The van der Waals surface area contributed by atoms with Crippen molar-refractivity contribution in [3.63, 3.8) is 0 Å². The summed E-state index contributed by atoms with van der Waals surface area (Å²) >= 11 is 3.43. The smallest absolute Gasteiger partial charge is 0.219 e. The lowest BCUT2D eigenvalue weighted by Gasteiger charge is -2.09. The summed E-state index contributed by atoms with van der Waals surface area (Å²) in [5.74, 6) is 1.41. The van der Waals surface area contributed by atoms with Gasteiger partial charge < -0.3 is 10.1 Å². The van der Waals surface area contributed by atoms with Crippen LogP contribution in [0.2, 0.25) is 0 Å². The Morgan fingerprint density at radius 2 is 2.10 bits per heavy atom. The molecule has 0 unspecified atom stereocenters. The Labute approximate surface area is 128 Å². The minimum atomic E-state index is 0.625. The quantitative estimate of drug-likeness (QED) is 0.792. The van der Waals surface area contributed by atoms with Crippen LogP contribution in [0.15, 0.2) is 40.9 Å². The predicted octanol–water partition coefficient (Wildman–Crippen LogP) is 4.44. The van der Waals surface area contributed by atoms with Crippen molar-refractivity contribution < 1.29 is 4.74 Å². The van der Waals surface area contributed by atoms with E-state index >= 15 is 0 Å². The van der Waals surface area contributed by atoms with Gasteiger partial charge in [-0.1, -0.05) is 35.0 Å². The predicted molar refractivity (Wildman–Crippen MR) is 85.2 cm³/mol. The van der Waals surface area contributed by atoms with Gasteiger partial charge in [-0.25, -0.2) is 4.98 Å². The summed E-state index contributed by atoms with van der Waals surface area (Å²) in [7, 11) is 0. The fourth-order valence-electron chi connectivity index (χ4n) is 1.86. The standard InChI is InChI=1S/C16H19BrN2O/c1-3-9-18-11-13-7-8-16(19-12(13)2)20-15-6-4-5-14(17)10-15/h4-8,10,18H,3,9,11H2,1-2H3. The van der Waals surface area contributed by atoms with Crippen molar-refractivity contribution in [2.75, 3.05) is 6.54 Å². The molecule has 2 aromatic rings. The van der Waals surface area contributed by atoms with Gasteiger partial charge in [0.25, 0.3) is 0 Å². The maximum Gasteiger partial charge on any atom is 0.219 e. The number of nitrogens with zero attached hydrogens (tertiary/aromatic N) is 1. The molecule has 0 saturated carbocycles. The summed E-state index contributed by atoms with van der Waals surface area (Å²) in [4.78, 5) is 4.50. The largest absolute Gasteiger partial charge is 0.439 e. The number of nitrogens with one attached hydrogen (secondary N) is 1.